The van der Waals surface area contributed by atoms with Crippen LogP contribution in [0.2, 0.25) is 0 Å². The fourth-order valence-electron chi connectivity index (χ4n) is 2.09. The van der Waals surface area contributed by atoms with Gasteiger partial charge in [0.2, 0.25) is 0 Å². The Hall–Kier alpha value is -0.900. The molecule has 114 valence electrons. The third-order valence-electron chi connectivity index (χ3n) is 3.45. The minimum absolute atomic E-state index is 0.626. The largest absolute Gasteiger partial charge is 0.382 e. The Bertz CT molecular complexity index is 316. The number of ether oxygens (including phenoxy) is 2. The molecule has 0 amide bonds. The van der Waals surface area contributed by atoms with E-state index >= 15 is 0 Å². The lowest BCUT2D eigenvalue weighted by Gasteiger charge is -2.12. The topological polar surface area (TPSA) is 30.5 Å². The monoisotopic (exact) mass is 279 g/mol. The molecule has 0 aliphatic rings. The number of hydrogen-bond donors (Lipinski definition) is 1. The Kier molecular flexibility index (Phi) is 10.2. The fourth-order valence-corrected chi connectivity index (χ4v) is 2.09. The average molecular weight is 279 g/mol. The summed E-state index contributed by atoms with van der Waals surface area (Å²) in [5.74, 6) is 0.626. The van der Waals surface area contributed by atoms with Gasteiger partial charge in [-0.05, 0) is 43.8 Å². The number of benzene rings is 1. The summed E-state index contributed by atoms with van der Waals surface area (Å²) in [6.07, 6.45) is 3.48. The van der Waals surface area contributed by atoms with Crippen LogP contribution in [0.15, 0.2) is 30.3 Å². The van der Waals surface area contributed by atoms with Gasteiger partial charge in [0, 0.05) is 13.7 Å². The van der Waals surface area contributed by atoms with Crippen LogP contribution in [-0.4, -0.2) is 40.0 Å². The van der Waals surface area contributed by atoms with Crippen molar-refractivity contribution in [3.63, 3.8) is 0 Å². The van der Waals surface area contributed by atoms with E-state index < -0.39 is 0 Å². The Morgan fingerprint density at radius 2 is 1.80 bits per heavy atom. The maximum atomic E-state index is 5.42. The molecule has 0 saturated heterocycles. The van der Waals surface area contributed by atoms with Gasteiger partial charge in [0.1, 0.15) is 0 Å². The summed E-state index contributed by atoms with van der Waals surface area (Å²) in [5, 5.41) is 3.51. The number of unbranched alkanes of at least 4 members (excludes halogenated alkanes) is 1. The lowest BCUT2D eigenvalue weighted by molar-refractivity contribution is 0.0688. The van der Waals surface area contributed by atoms with Crippen LogP contribution in [0.4, 0.5) is 0 Å². The molecule has 0 heterocycles. The summed E-state index contributed by atoms with van der Waals surface area (Å²) in [6, 6.07) is 10.7. The molecule has 1 aromatic carbocycles. The highest BCUT2D eigenvalue weighted by Crippen LogP contribution is 2.17. The first-order valence-electron chi connectivity index (χ1n) is 7.67. The zero-order valence-electron chi connectivity index (χ0n) is 12.9. The summed E-state index contributed by atoms with van der Waals surface area (Å²) in [4.78, 5) is 0. The molecule has 3 heteroatoms. The van der Waals surface area contributed by atoms with E-state index in [9.17, 15) is 0 Å². The minimum atomic E-state index is 0.626. The van der Waals surface area contributed by atoms with Crippen LogP contribution < -0.4 is 5.32 Å². The predicted octanol–water partition coefficient (Wildman–Crippen LogP) is 3.21. The highest BCUT2D eigenvalue weighted by molar-refractivity contribution is 5.18. The maximum absolute atomic E-state index is 5.42. The molecular formula is C17H29NO2. The zero-order chi connectivity index (χ0) is 14.5. The van der Waals surface area contributed by atoms with E-state index in [1.54, 1.807) is 7.11 Å². The van der Waals surface area contributed by atoms with Gasteiger partial charge in [0.25, 0.3) is 0 Å². The van der Waals surface area contributed by atoms with Crippen molar-refractivity contribution in [3.8, 4) is 0 Å². The van der Waals surface area contributed by atoms with Gasteiger partial charge < -0.3 is 14.8 Å². The molecule has 0 spiro atoms. The summed E-state index contributed by atoms with van der Waals surface area (Å²) in [7, 11) is 1.70. The molecule has 1 atom stereocenters. The average Bonchev–Trinajstić information content (AvgIpc) is 2.50. The fraction of sp³-hybridized carbons (Fsp3) is 0.647. The van der Waals surface area contributed by atoms with Gasteiger partial charge >= 0.3 is 0 Å². The molecule has 0 radical (unpaired) electrons. The lowest BCUT2D eigenvalue weighted by Crippen LogP contribution is -2.18. The zero-order valence-corrected chi connectivity index (χ0v) is 12.9. The second-order valence-corrected chi connectivity index (χ2v) is 5.16. The molecule has 3 nitrogen and oxygen atoms in total. The van der Waals surface area contributed by atoms with Gasteiger partial charge in [-0.15, -0.1) is 0 Å². The lowest BCUT2D eigenvalue weighted by atomic mass is 9.98. The van der Waals surface area contributed by atoms with E-state index in [4.69, 9.17) is 9.47 Å². The Balaban J connectivity index is 1.90. The van der Waals surface area contributed by atoms with E-state index in [2.05, 4.69) is 42.6 Å². The highest BCUT2D eigenvalue weighted by atomic mass is 16.5. The van der Waals surface area contributed by atoms with Crippen molar-refractivity contribution in [3.05, 3.63) is 35.9 Å². The number of rotatable bonds is 12. The van der Waals surface area contributed by atoms with E-state index in [0.717, 1.165) is 26.1 Å². The first-order chi connectivity index (χ1) is 9.84. The van der Waals surface area contributed by atoms with Crippen LogP contribution in [0.1, 0.15) is 37.7 Å². The molecule has 1 N–H and O–H groups in total. The number of methoxy groups -OCH3 is 1. The Morgan fingerprint density at radius 1 is 1.00 bits per heavy atom. The first-order valence-corrected chi connectivity index (χ1v) is 7.67. The van der Waals surface area contributed by atoms with Gasteiger partial charge in [0.15, 0.2) is 0 Å². The van der Waals surface area contributed by atoms with Gasteiger partial charge in [0.05, 0.1) is 13.2 Å². The van der Waals surface area contributed by atoms with Crippen molar-refractivity contribution < 1.29 is 9.47 Å². The second kappa shape index (κ2) is 11.9. The molecule has 0 aliphatic heterocycles. The van der Waals surface area contributed by atoms with Crippen LogP contribution in [-0.2, 0) is 9.47 Å². The van der Waals surface area contributed by atoms with Crippen LogP contribution >= 0.6 is 0 Å². The summed E-state index contributed by atoms with van der Waals surface area (Å²) in [6.45, 7) is 6.69. The summed E-state index contributed by atoms with van der Waals surface area (Å²) >= 11 is 0. The molecule has 1 rings (SSSR count). The maximum Gasteiger partial charge on any atom is 0.0700 e. The third kappa shape index (κ3) is 8.31. The number of hydrogen-bond acceptors (Lipinski definition) is 3. The van der Waals surface area contributed by atoms with Gasteiger partial charge in [-0.3, -0.25) is 0 Å². The van der Waals surface area contributed by atoms with Crippen molar-refractivity contribution >= 4 is 0 Å². The highest BCUT2D eigenvalue weighted by Gasteiger charge is 2.03. The number of nitrogens with one attached hydrogen (secondary N) is 1. The van der Waals surface area contributed by atoms with Gasteiger partial charge in [-0.2, -0.15) is 0 Å². The molecule has 0 aromatic heterocycles. The van der Waals surface area contributed by atoms with Crippen molar-refractivity contribution in [2.75, 3.05) is 40.0 Å². The quantitative estimate of drug-likeness (QED) is 0.596. The molecule has 1 unspecified atom stereocenters. The van der Waals surface area contributed by atoms with Crippen LogP contribution in [0, 0.1) is 0 Å². The van der Waals surface area contributed by atoms with Gasteiger partial charge in [-0.25, -0.2) is 0 Å². The molecule has 0 fully saturated rings. The molecule has 0 saturated carbocycles. The molecule has 20 heavy (non-hydrogen) atoms. The van der Waals surface area contributed by atoms with E-state index in [1.807, 2.05) is 0 Å². The van der Waals surface area contributed by atoms with Crippen molar-refractivity contribution in [2.24, 2.45) is 0 Å². The molecule has 1 aromatic rings. The van der Waals surface area contributed by atoms with Crippen molar-refractivity contribution in [2.45, 2.75) is 32.1 Å². The smallest absolute Gasteiger partial charge is 0.0700 e. The summed E-state index contributed by atoms with van der Waals surface area (Å²) < 4.78 is 10.3. The first kappa shape index (κ1) is 17.2. The van der Waals surface area contributed by atoms with Gasteiger partial charge in [-0.1, -0.05) is 37.3 Å². The van der Waals surface area contributed by atoms with E-state index in [0.29, 0.717) is 19.1 Å². The van der Waals surface area contributed by atoms with Crippen LogP contribution in [0.3, 0.4) is 0 Å². The van der Waals surface area contributed by atoms with Crippen molar-refractivity contribution in [1.82, 2.24) is 5.32 Å². The summed E-state index contributed by atoms with van der Waals surface area (Å²) in [5.41, 5.74) is 1.43. The van der Waals surface area contributed by atoms with E-state index in [1.165, 1.54) is 18.4 Å². The molecular weight excluding hydrogens is 250 g/mol. The second-order valence-electron chi connectivity index (χ2n) is 5.16. The third-order valence-corrected chi connectivity index (χ3v) is 3.45. The standard InChI is InChI=1S/C17H29NO2/c1-16(17-8-4-3-5-9-17)10-12-18-11-6-7-13-20-15-14-19-2/h3-5,8-9,16,18H,6-7,10-15H2,1-2H3. The van der Waals surface area contributed by atoms with Crippen LogP contribution in [0.25, 0.3) is 0 Å². The SMILES string of the molecule is COCCOCCCCNCCC(C)c1ccccc1. The normalized spacial score (nSPS) is 12.5. The van der Waals surface area contributed by atoms with E-state index in [-0.39, 0.29) is 0 Å². The minimum Gasteiger partial charge on any atom is -0.382 e. The predicted molar refractivity (Wildman–Crippen MR) is 84.3 cm³/mol. The molecule has 0 bridgehead atoms. The Labute approximate surface area is 123 Å². The van der Waals surface area contributed by atoms with Crippen molar-refractivity contribution in [1.29, 1.82) is 0 Å². The Morgan fingerprint density at radius 3 is 2.55 bits per heavy atom. The molecule has 0 aliphatic carbocycles. The van der Waals surface area contributed by atoms with Crippen LogP contribution in [0.5, 0.6) is 0 Å².